The molecule has 0 fully saturated rings. The topological polar surface area (TPSA) is 71.2 Å². The Hall–Kier alpha value is -4.10. The zero-order chi connectivity index (χ0) is 23.5. The number of hydrogen-bond donors (Lipinski definition) is 1. The lowest BCUT2D eigenvalue weighted by molar-refractivity contribution is -0.115. The van der Waals surface area contributed by atoms with Crippen molar-refractivity contribution in [3.63, 3.8) is 0 Å². The number of thioether (sulfide) groups is 1. The molecule has 0 saturated heterocycles. The highest BCUT2D eigenvalue weighted by molar-refractivity contribution is 7.99. The third kappa shape index (κ3) is 4.38. The molecule has 1 amide bonds. The molecular weight excluding hydrogens is 444 g/mol. The highest BCUT2D eigenvalue weighted by Gasteiger charge is 2.20. The van der Waals surface area contributed by atoms with E-state index >= 15 is 0 Å². The number of fused-ring (bicyclic) bond motifs is 1. The fourth-order valence-electron chi connectivity index (χ4n) is 3.82. The molecule has 6 nitrogen and oxygen atoms in total. The maximum absolute atomic E-state index is 13.5. The number of phenolic OH excluding ortho intramolecular Hbond substituents is 1. The summed E-state index contributed by atoms with van der Waals surface area (Å²) in [7, 11) is 1.87. The van der Waals surface area contributed by atoms with Crippen LogP contribution in [0.1, 0.15) is 0 Å². The molecule has 0 aliphatic carbocycles. The maximum atomic E-state index is 13.5. The second-order valence-electron chi connectivity index (χ2n) is 7.80. The molecule has 0 bridgehead atoms. The first kappa shape index (κ1) is 21.7. The van der Waals surface area contributed by atoms with Crippen molar-refractivity contribution in [2.45, 2.75) is 5.16 Å². The summed E-state index contributed by atoms with van der Waals surface area (Å²) in [6, 6.07) is 30.6. The molecule has 0 saturated carbocycles. The minimum absolute atomic E-state index is 0.0549. The zero-order valence-corrected chi connectivity index (χ0v) is 19.3. The van der Waals surface area contributed by atoms with Crippen LogP contribution in [0.4, 0.5) is 11.4 Å². The van der Waals surface area contributed by atoms with E-state index in [-0.39, 0.29) is 17.4 Å². The van der Waals surface area contributed by atoms with Gasteiger partial charge in [-0.3, -0.25) is 9.69 Å². The monoisotopic (exact) mass is 466 g/mol. The fourth-order valence-corrected chi connectivity index (χ4v) is 4.58. The van der Waals surface area contributed by atoms with Crippen molar-refractivity contribution in [2.24, 2.45) is 7.05 Å². The lowest BCUT2D eigenvalue weighted by Gasteiger charge is -2.23. The predicted octanol–water partition coefficient (Wildman–Crippen LogP) is 5.80. The smallest absolute Gasteiger partial charge is 0.242 e. The Labute approximate surface area is 201 Å². The van der Waals surface area contributed by atoms with Crippen LogP contribution < -0.4 is 4.90 Å². The summed E-state index contributed by atoms with van der Waals surface area (Å²) < 4.78 is 1.85. The SMILES string of the molecule is Cn1c(SCC(=O)N(c2ccccc2)c2ccc3ccccc3c2)nnc1-c1ccc(O)cc1. The van der Waals surface area contributed by atoms with E-state index in [1.807, 2.05) is 78.3 Å². The molecule has 34 heavy (non-hydrogen) atoms. The quantitative estimate of drug-likeness (QED) is 0.320. The van der Waals surface area contributed by atoms with Crippen molar-refractivity contribution in [3.8, 4) is 17.1 Å². The van der Waals surface area contributed by atoms with Crippen molar-refractivity contribution in [1.29, 1.82) is 0 Å². The Balaban J connectivity index is 1.41. The molecular formula is C27H22N4O2S. The van der Waals surface area contributed by atoms with Gasteiger partial charge in [0.25, 0.3) is 0 Å². The number of hydrogen-bond acceptors (Lipinski definition) is 5. The normalized spacial score (nSPS) is 11.0. The van der Waals surface area contributed by atoms with Crippen LogP contribution >= 0.6 is 11.8 Å². The van der Waals surface area contributed by atoms with E-state index in [9.17, 15) is 9.90 Å². The van der Waals surface area contributed by atoms with Gasteiger partial charge in [-0.05, 0) is 59.3 Å². The fraction of sp³-hybridized carbons (Fsp3) is 0.0741. The summed E-state index contributed by atoms with van der Waals surface area (Å²) in [4.78, 5) is 15.2. The van der Waals surface area contributed by atoms with Gasteiger partial charge in [-0.25, -0.2) is 0 Å². The van der Waals surface area contributed by atoms with Gasteiger partial charge in [0, 0.05) is 24.0 Å². The third-order valence-corrected chi connectivity index (χ3v) is 6.55. The molecule has 1 N–H and O–H groups in total. The van der Waals surface area contributed by atoms with Gasteiger partial charge in [-0.1, -0.05) is 60.3 Å². The number of para-hydroxylation sites is 1. The number of carbonyl (C=O) groups excluding carboxylic acids is 1. The molecule has 0 aliphatic rings. The molecule has 5 aromatic rings. The number of aromatic nitrogens is 3. The highest BCUT2D eigenvalue weighted by Crippen LogP contribution is 2.31. The molecule has 5 rings (SSSR count). The van der Waals surface area contributed by atoms with Crippen LogP contribution in [0, 0.1) is 0 Å². The molecule has 168 valence electrons. The van der Waals surface area contributed by atoms with Gasteiger partial charge in [0.05, 0.1) is 5.75 Å². The van der Waals surface area contributed by atoms with Crippen LogP contribution in [0.2, 0.25) is 0 Å². The van der Waals surface area contributed by atoms with Gasteiger partial charge in [-0.15, -0.1) is 10.2 Å². The molecule has 0 atom stereocenters. The van der Waals surface area contributed by atoms with Crippen LogP contribution in [0.3, 0.4) is 0 Å². The van der Waals surface area contributed by atoms with E-state index in [0.29, 0.717) is 11.0 Å². The van der Waals surface area contributed by atoms with Crippen LogP contribution in [0.15, 0.2) is 102 Å². The van der Waals surface area contributed by atoms with E-state index in [0.717, 1.165) is 27.7 Å². The van der Waals surface area contributed by atoms with Crippen molar-refractivity contribution in [2.75, 3.05) is 10.7 Å². The Morgan fingerprint density at radius 3 is 2.32 bits per heavy atom. The van der Waals surface area contributed by atoms with Crippen molar-refractivity contribution >= 4 is 39.8 Å². The number of phenols is 1. The van der Waals surface area contributed by atoms with E-state index in [1.165, 1.54) is 11.8 Å². The second-order valence-corrected chi connectivity index (χ2v) is 8.74. The van der Waals surface area contributed by atoms with E-state index < -0.39 is 0 Å². The first-order valence-corrected chi connectivity index (χ1v) is 11.8. The lowest BCUT2D eigenvalue weighted by Crippen LogP contribution is -2.27. The first-order chi connectivity index (χ1) is 16.6. The summed E-state index contributed by atoms with van der Waals surface area (Å²) in [5.74, 6) is 1.01. The minimum Gasteiger partial charge on any atom is -0.508 e. The number of amides is 1. The second kappa shape index (κ2) is 9.41. The summed E-state index contributed by atoms with van der Waals surface area (Å²) >= 11 is 1.34. The Kier molecular flexibility index (Phi) is 6.01. The molecule has 1 heterocycles. The maximum Gasteiger partial charge on any atom is 0.242 e. The van der Waals surface area contributed by atoms with E-state index in [4.69, 9.17) is 0 Å². The molecule has 7 heteroatoms. The summed E-state index contributed by atoms with van der Waals surface area (Å²) in [5, 5.41) is 20.9. The molecule has 0 unspecified atom stereocenters. The molecule has 0 spiro atoms. The van der Waals surface area contributed by atoms with Crippen LogP contribution in [-0.2, 0) is 11.8 Å². The summed E-state index contributed by atoms with van der Waals surface area (Å²) in [6.45, 7) is 0. The first-order valence-electron chi connectivity index (χ1n) is 10.8. The van der Waals surface area contributed by atoms with Gasteiger partial charge in [0.1, 0.15) is 5.75 Å². The highest BCUT2D eigenvalue weighted by atomic mass is 32.2. The Bertz CT molecular complexity index is 1450. The van der Waals surface area contributed by atoms with Gasteiger partial charge in [0.2, 0.25) is 5.91 Å². The van der Waals surface area contributed by atoms with Crippen LogP contribution in [0.5, 0.6) is 5.75 Å². The molecule has 0 radical (unpaired) electrons. The Morgan fingerprint density at radius 1 is 0.853 bits per heavy atom. The van der Waals surface area contributed by atoms with Gasteiger partial charge in [-0.2, -0.15) is 0 Å². The van der Waals surface area contributed by atoms with Crippen molar-refractivity contribution in [1.82, 2.24) is 14.8 Å². The standard InChI is InChI=1S/C27H22N4O2S/c1-30-26(20-12-15-24(32)16-13-20)28-29-27(30)34-18-25(33)31(22-9-3-2-4-10-22)23-14-11-19-7-5-6-8-21(19)17-23/h2-17,32H,18H2,1H3. The number of anilines is 2. The number of carbonyl (C=O) groups is 1. The molecule has 0 aliphatic heterocycles. The van der Waals surface area contributed by atoms with Crippen molar-refractivity contribution in [3.05, 3.63) is 97.1 Å². The van der Waals surface area contributed by atoms with Gasteiger partial charge >= 0.3 is 0 Å². The van der Waals surface area contributed by atoms with E-state index in [1.54, 1.807) is 29.2 Å². The number of benzene rings is 4. The summed E-state index contributed by atoms with van der Waals surface area (Å²) in [5.41, 5.74) is 2.47. The molecule has 4 aromatic carbocycles. The summed E-state index contributed by atoms with van der Waals surface area (Å²) in [6.07, 6.45) is 0. The minimum atomic E-state index is -0.0549. The average molecular weight is 467 g/mol. The van der Waals surface area contributed by atoms with Crippen LogP contribution in [0.25, 0.3) is 22.2 Å². The predicted molar refractivity (Wildman–Crippen MR) is 136 cm³/mol. The zero-order valence-electron chi connectivity index (χ0n) is 18.5. The van der Waals surface area contributed by atoms with Gasteiger partial charge in [0.15, 0.2) is 11.0 Å². The molecule has 1 aromatic heterocycles. The van der Waals surface area contributed by atoms with Gasteiger partial charge < -0.3 is 9.67 Å². The number of nitrogens with zero attached hydrogens (tertiary/aromatic N) is 4. The third-order valence-electron chi connectivity index (χ3n) is 5.54. The van der Waals surface area contributed by atoms with Crippen LogP contribution in [-0.4, -0.2) is 31.5 Å². The number of rotatable bonds is 6. The van der Waals surface area contributed by atoms with E-state index in [2.05, 4.69) is 16.3 Å². The largest absolute Gasteiger partial charge is 0.508 e. The average Bonchev–Trinajstić information content (AvgIpc) is 3.24. The Morgan fingerprint density at radius 2 is 1.56 bits per heavy atom. The van der Waals surface area contributed by atoms with Crippen molar-refractivity contribution < 1.29 is 9.90 Å². The number of aromatic hydroxyl groups is 1. The lowest BCUT2D eigenvalue weighted by atomic mass is 10.1.